The molecule has 0 N–H and O–H groups in total. The number of imidazole rings is 1. The predicted octanol–water partition coefficient (Wildman–Crippen LogP) is 3.17. The molecular weight excluding hydrogens is 372 g/mol. The molecule has 2 aromatic heterocycles. The molecule has 6 nitrogen and oxygen atoms in total. The van der Waals surface area contributed by atoms with Gasteiger partial charge in [0.2, 0.25) is 0 Å². The monoisotopic (exact) mass is 398 g/mol. The van der Waals surface area contributed by atoms with Crippen LogP contribution in [0.25, 0.3) is 16.2 Å². The van der Waals surface area contributed by atoms with Gasteiger partial charge in [0.1, 0.15) is 5.69 Å². The lowest BCUT2D eigenvalue weighted by molar-refractivity contribution is 0.0361. The van der Waals surface area contributed by atoms with Crippen LogP contribution in [0.5, 0.6) is 0 Å². The zero-order valence-electron chi connectivity index (χ0n) is 16.4. The second-order valence-electron chi connectivity index (χ2n) is 7.30. The molecule has 0 unspecified atom stereocenters. The van der Waals surface area contributed by atoms with Crippen LogP contribution >= 0.6 is 11.3 Å². The van der Waals surface area contributed by atoms with Crippen molar-refractivity contribution in [2.45, 2.75) is 13.3 Å². The highest BCUT2D eigenvalue weighted by Crippen LogP contribution is 2.24. The van der Waals surface area contributed by atoms with Gasteiger partial charge in [0.05, 0.1) is 18.9 Å². The van der Waals surface area contributed by atoms with Crippen molar-refractivity contribution in [3.8, 4) is 11.3 Å². The Morgan fingerprint density at radius 1 is 1.25 bits per heavy atom. The van der Waals surface area contributed by atoms with Gasteiger partial charge in [-0.1, -0.05) is 29.8 Å². The summed E-state index contributed by atoms with van der Waals surface area (Å²) in [4.78, 5) is 22.7. The van der Waals surface area contributed by atoms with E-state index in [-0.39, 0.29) is 5.91 Å². The molecule has 1 fully saturated rings. The van der Waals surface area contributed by atoms with E-state index in [1.54, 1.807) is 0 Å². The summed E-state index contributed by atoms with van der Waals surface area (Å²) in [7, 11) is 1.88. The summed E-state index contributed by atoms with van der Waals surface area (Å²) in [5.41, 5.74) is 3.87. The van der Waals surface area contributed by atoms with Crippen molar-refractivity contribution < 1.29 is 9.53 Å². The minimum atomic E-state index is 0.0427. The normalized spacial score (nSPS) is 15.2. The van der Waals surface area contributed by atoms with Gasteiger partial charge in [-0.15, -0.1) is 11.3 Å². The van der Waals surface area contributed by atoms with E-state index >= 15 is 0 Å². The van der Waals surface area contributed by atoms with E-state index in [9.17, 15) is 4.79 Å². The van der Waals surface area contributed by atoms with Crippen LogP contribution in [0, 0.1) is 6.92 Å². The molecule has 28 heavy (non-hydrogen) atoms. The summed E-state index contributed by atoms with van der Waals surface area (Å²) in [6, 6.07) is 8.30. The topological polar surface area (TPSA) is 50.1 Å². The van der Waals surface area contributed by atoms with E-state index in [4.69, 9.17) is 9.72 Å². The van der Waals surface area contributed by atoms with Crippen LogP contribution in [0.3, 0.4) is 0 Å². The standard InChI is InChI=1S/C21H26N4O2S/c1-16-4-6-17(7-5-16)18-14-25-19(15-28-21(25)22-18)20(26)23(2)8-3-9-24-10-12-27-13-11-24/h4-7,14-15H,3,8-13H2,1-2H3. The number of benzene rings is 1. The smallest absolute Gasteiger partial charge is 0.271 e. The molecule has 0 radical (unpaired) electrons. The minimum absolute atomic E-state index is 0.0427. The minimum Gasteiger partial charge on any atom is -0.379 e. The molecule has 3 aromatic rings. The van der Waals surface area contributed by atoms with Gasteiger partial charge in [-0.3, -0.25) is 14.1 Å². The van der Waals surface area contributed by atoms with E-state index in [2.05, 4.69) is 36.1 Å². The van der Waals surface area contributed by atoms with Gasteiger partial charge in [-0.2, -0.15) is 0 Å². The number of hydrogen-bond acceptors (Lipinski definition) is 5. The van der Waals surface area contributed by atoms with Crippen LogP contribution < -0.4 is 0 Å². The first kappa shape index (κ1) is 19.1. The Morgan fingerprint density at radius 2 is 2.00 bits per heavy atom. The molecule has 0 bridgehead atoms. The zero-order valence-corrected chi connectivity index (χ0v) is 17.2. The second kappa shape index (κ2) is 8.43. The summed E-state index contributed by atoms with van der Waals surface area (Å²) >= 11 is 1.51. The SMILES string of the molecule is Cc1ccc(-c2cn3c(C(=O)N(C)CCCN4CCOCC4)csc3n2)cc1. The van der Waals surface area contributed by atoms with Crippen molar-refractivity contribution >= 4 is 22.2 Å². The third kappa shape index (κ3) is 4.11. The van der Waals surface area contributed by atoms with E-state index in [1.165, 1.54) is 16.9 Å². The predicted molar refractivity (Wildman–Crippen MR) is 112 cm³/mol. The van der Waals surface area contributed by atoms with E-state index in [0.717, 1.165) is 62.0 Å². The highest BCUT2D eigenvalue weighted by atomic mass is 32.1. The maximum atomic E-state index is 12.9. The lowest BCUT2D eigenvalue weighted by Crippen LogP contribution is -2.38. The summed E-state index contributed by atoms with van der Waals surface area (Å²) in [5.74, 6) is 0.0427. The Hall–Kier alpha value is -2.22. The van der Waals surface area contributed by atoms with Crippen molar-refractivity contribution in [2.75, 3.05) is 46.4 Å². The molecule has 1 aromatic carbocycles. The Morgan fingerprint density at radius 3 is 2.75 bits per heavy atom. The molecule has 1 saturated heterocycles. The van der Waals surface area contributed by atoms with Gasteiger partial charge in [0, 0.05) is 50.4 Å². The van der Waals surface area contributed by atoms with Crippen LogP contribution in [-0.4, -0.2) is 71.5 Å². The number of amides is 1. The number of aryl methyl sites for hydroxylation is 1. The highest BCUT2D eigenvalue weighted by Gasteiger charge is 2.19. The van der Waals surface area contributed by atoms with Crippen molar-refractivity contribution in [3.05, 3.63) is 47.1 Å². The molecule has 7 heteroatoms. The first-order valence-corrected chi connectivity index (χ1v) is 10.6. The Labute approximate surface area is 169 Å². The maximum absolute atomic E-state index is 12.9. The number of rotatable bonds is 6. The van der Waals surface area contributed by atoms with Crippen LogP contribution in [0.4, 0.5) is 0 Å². The molecule has 4 rings (SSSR count). The van der Waals surface area contributed by atoms with Crippen LogP contribution in [0.2, 0.25) is 0 Å². The lowest BCUT2D eigenvalue weighted by atomic mass is 10.1. The van der Waals surface area contributed by atoms with Gasteiger partial charge in [-0.05, 0) is 13.3 Å². The molecule has 0 aliphatic carbocycles. The quantitative estimate of drug-likeness (QED) is 0.640. The average Bonchev–Trinajstić information content (AvgIpc) is 3.29. The fourth-order valence-corrected chi connectivity index (χ4v) is 4.30. The summed E-state index contributed by atoms with van der Waals surface area (Å²) < 4.78 is 7.30. The van der Waals surface area contributed by atoms with Gasteiger partial charge >= 0.3 is 0 Å². The molecule has 3 heterocycles. The third-order valence-corrected chi connectivity index (χ3v) is 6.03. The van der Waals surface area contributed by atoms with Gasteiger partial charge in [-0.25, -0.2) is 4.98 Å². The first-order valence-electron chi connectivity index (χ1n) is 9.71. The lowest BCUT2D eigenvalue weighted by Gasteiger charge is -2.27. The number of ether oxygens (including phenoxy) is 1. The Kier molecular flexibility index (Phi) is 5.75. The fourth-order valence-electron chi connectivity index (χ4n) is 3.45. The molecule has 1 aliphatic rings. The number of morpholine rings is 1. The van der Waals surface area contributed by atoms with Crippen LogP contribution in [0.15, 0.2) is 35.8 Å². The summed E-state index contributed by atoms with van der Waals surface area (Å²) in [5, 5.41) is 1.90. The van der Waals surface area contributed by atoms with Crippen molar-refractivity contribution in [1.29, 1.82) is 0 Å². The van der Waals surface area contributed by atoms with Gasteiger partial charge in [0.25, 0.3) is 5.91 Å². The van der Waals surface area contributed by atoms with Crippen LogP contribution in [-0.2, 0) is 4.74 Å². The molecule has 148 valence electrons. The maximum Gasteiger partial charge on any atom is 0.271 e. The Bertz CT molecular complexity index is 941. The molecule has 0 saturated carbocycles. The number of carbonyl (C=O) groups is 1. The zero-order chi connectivity index (χ0) is 19.5. The van der Waals surface area contributed by atoms with Crippen molar-refractivity contribution in [1.82, 2.24) is 19.2 Å². The summed E-state index contributed by atoms with van der Waals surface area (Å²) in [6.45, 7) is 7.41. The van der Waals surface area contributed by atoms with Gasteiger partial charge < -0.3 is 9.64 Å². The second-order valence-corrected chi connectivity index (χ2v) is 8.14. The number of carbonyl (C=O) groups excluding carboxylic acids is 1. The molecular formula is C21H26N4O2S. The number of nitrogens with zero attached hydrogens (tertiary/aromatic N) is 4. The van der Waals surface area contributed by atoms with Gasteiger partial charge in [0.15, 0.2) is 4.96 Å². The van der Waals surface area contributed by atoms with Crippen molar-refractivity contribution in [3.63, 3.8) is 0 Å². The van der Waals surface area contributed by atoms with E-state index in [0.29, 0.717) is 5.69 Å². The molecule has 1 aliphatic heterocycles. The van der Waals surface area contributed by atoms with Crippen molar-refractivity contribution in [2.24, 2.45) is 0 Å². The van der Waals surface area contributed by atoms with E-state index in [1.807, 2.05) is 27.9 Å². The van der Waals surface area contributed by atoms with E-state index < -0.39 is 0 Å². The largest absolute Gasteiger partial charge is 0.379 e. The number of aromatic nitrogens is 2. The Balaban J connectivity index is 1.42. The highest BCUT2D eigenvalue weighted by molar-refractivity contribution is 7.15. The number of fused-ring (bicyclic) bond motifs is 1. The molecule has 0 spiro atoms. The average molecular weight is 399 g/mol. The molecule has 0 atom stereocenters. The molecule has 1 amide bonds. The third-order valence-electron chi connectivity index (χ3n) is 5.19. The first-order chi connectivity index (χ1) is 13.6. The number of hydrogen-bond donors (Lipinski definition) is 0. The number of thiazole rings is 1. The fraction of sp³-hybridized carbons (Fsp3) is 0.429. The summed E-state index contributed by atoms with van der Waals surface area (Å²) in [6.07, 6.45) is 2.93. The van der Waals surface area contributed by atoms with Crippen LogP contribution in [0.1, 0.15) is 22.5 Å².